The number of aromatic nitrogens is 1. The predicted molar refractivity (Wildman–Crippen MR) is 106 cm³/mol. The molecule has 0 spiro atoms. The van der Waals surface area contributed by atoms with Crippen LogP contribution < -0.4 is 9.64 Å². The van der Waals surface area contributed by atoms with Gasteiger partial charge in [-0.1, -0.05) is 30.3 Å². The molecule has 1 aromatic heterocycles. The lowest BCUT2D eigenvalue weighted by Crippen LogP contribution is -2.15. The summed E-state index contributed by atoms with van der Waals surface area (Å²) in [6.45, 7) is 0. The molecule has 130 valence electrons. The average Bonchev–Trinajstić information content (AvgIpc) is 2.73. The van der Waals surface area contributed by atoms with E-state index in [1.54, 1.807) is 12.3 Å². The van der Waals surface area contributed by atoms with Gasteiger partial charge in [0, 0.05) is 17.4 Å². The predicted octanol–water partition coefficient (Wildman–Crippen LogP) is 6.03. The summed E-state index contributed by atoms with van der Waals surface area (Å²) in [7, 11) is 0. The van der Waals surface area contributed by atoms with Gasteiger partial charge in [-0.3, -0.25) is 4.98 Å². The Morgan fingerprint density at radius 3 is 2.07 bits per heavy atom. The second-order valence-electron chi connectivity index (χ2n) is 6.29. The first-order valence-electron chi connectivity index (χ1n) is 8.72. The van der Waals surface area contributed by atoms with Crippen LogP contribution in [0.15, 0.2) is 91.1 Å². The SMILES string of the molecule is Oc1ccc(N2c3ccccc3Oc3ccccc32)cc1-c1ccccn1. The Labute approximate surface area is 156 Å². The van der Waals surface area contributed by atoms with Gasteiger partial charge in [-0.15, -0.1) is 0 Å². The molecule has 0 saturated carbocycles. The van der Waals surface area contributed by atoms with E-state index in [0.717, 1.165) is 34.3 Å². The van der Waals surface area contributed by atoms with Crippen LogP contribution in [-0.4, -0.2) is 10.1 Å². The molecule has 0 radical (unpaired) electrons. The summed E-state index contributed by atoms with van der Waals surface area (Å²) in [6.07, 6.45) is 1.72. The number of nitrogens with zero attached hydrogens (tertiary/aromatic N) is 2. The highest BCUT2D eigenvalue weighted by atomic mass is 16.5. The molecule has 0 aliphatic carbocycles. The molecule has 1 aliphatic heterocycles. The number of rotatable bonds is 2. The number of anilines is 3. The topological polar surface area (TPSA) is 45.6 Å². The smallest absolute Gasteiger partial charge is 0.151 e. The van der Waals surface area contributed by atoms with E-state index < -0.39 is 0 Å². The van der Waals surface area contributed by atoms with E-state index in [1.807, 2.05) is 78.9 Å². The minimum atomic E-state index is 0.201. The van der Waals surface area contributed by atoms with Crippen molar-refractivity contribution in [2.24, 2.45) is 0 Å². The Hall–Kier alpha value is -3.79. The van der Waals surface area contributed by atoms with Crippen LogP contribution in [0.3, 0.4) is 0 Å². The van der Waals surface area contributed by atoms with Gasteiger partial charge in [0.05, 0.1) is 17.1 Å². The maximum Gasteiger partial charge on any atom is 0.151 e. The second kappa shape index (κ2) is 6.18. The number of hydrogen-bond donors (Lipinski definition) is 1. The van der Waals surface area contributed by atoms with E-state index in [1.165, 1.54) is 0 Å². The number of aromatic hydroxyl groups is 1. The van der Waals surface area contributed by atoms with Gasteiger partial charge < -0.3 is 14.7 Å². The van der Waals surface area contributed by atoms with Gasteiger partial charge in [-0.25, -0.2) is 0 Å². The third kappa shape index (κ3) is 2.59. The molecular weight excluding hydrogens is 336 g/mol. The third-order valence-electron chi connectivity index (χ3n) is 4.61. The first-order valence-corrected chi connectivity index (χ1v) is 8.72. The van der Waals surface area contributed by atoms with Gasteiger partial charge >= 0.3 is 0 Å². The van der Waals surface area contributed by atoms with Crippen molar-refractivity contribution in [2.45, 2.75) is 0 Å². The lowest BCUT2D eigenvalue weighted by molar-refractivity contribution is 0.476. The lowest BCUT2D eigenvalue weighted by Gasteiger charge is -2.33. The maximum absolute atomic E-state index is 10.4. The van der Waals surface area contributed by atoms with Crippen molar-refractivity contribution in [3.63, 3.8) is 0 Å². The van der Waals surface area contributed by atoms with Crippen molar-refractivity contribution in [1.29, 1.82) is 0 Å². The molecule has 0 fully saturated rings. The van der Waals surface area contributed by atoms with E-state index in [2.05, 4.69) is 9.88 Å². The Balaban J connectivity index is 1.72. The third-order valence-corrected chi connectivity index (χ3v) is 4.61. The first-order chi connectivity index (χ1) is 13.3. The van der Waals surface area contributed by atoms with Crippen LogP contribution in [0.4, 0.5) is 17.1 Å². The number of ether oxygens (including phenoxy) is 1. The summed E-state index contributed by atoms with van der Waals surface area (Å²) in [5.74, 6) is 1.79. The number of phenols is 1. The van der Waals surface area contributed by atoms with E-state index in [4.69, 9.17) is 4.74 Å². The van der Waals surface area contributed by atoms with Crippen LogP contribution in [0.2, 0.25) is 0 Å². The second-order valence-corrected chi connectivity index (χ2v) is 6.29. The highest BCUT2D eigenvalue weighted by Crippen LogP contribution is 2.50. The number of pyridine rings is 1. The molecule has 0 saturated heterocycles. The standard InChI is InChI=1S/C23H16N2O2/c26-21-13-12-16(15-17(21)18-7-5-6-14-24-18)25-19-8-1-3-10-22(19)27-23-11-4-2-9-20(23)25/h1-15,26H. The quantitative estimate of drug-likeness (QED) is 0.421. The summed E-state index contributed by atoms with van der Waals surface area (Å²) in [4.78, 5) is 6.52. The molecule has 4 aromatic rings. The van der Waals surface area contributed by atoms with E-state index in [9.17, 15) is 5.11 Å². The summed E-state index contributed by atoms with van der Waals surface area (Å²) < 4.78 is 6.06. The normalized spacial score (nSPS) is 12.1. The molecule has 4 nitrogen and oxygen atoms in total. The van der Waals surface area contributed by atoms with Crippen LogP contribution in [0, 0.1) is 0 Å². The number of benzene rings is 3. The molecule has 5 rings (SSSR count). The molecule has 4 heteroatoms. The molecule has 2 heterocycles. The summed E-state index contributed by atoms with van der Waals surface area (Å²) in [6, 6.07) is 27.1. The Kier molecular flexibility index (Phi) is 3.54. The average molecular weight is 352 g/mol. The Morgan fingerprint density at radius 1 is 0.741 bits per heavy atom. The number of fused-ring (bicyclic) bond motifs is 2. The molecule has 0 atom stereocenters. The zero-order valence-corrected chi connectivity index (χ0v) is 14.4. The van der Waals surface area contributed by atoms with Crippen LogP contribution >= 0.6 is 0 Å². The van der Waals surface area contributed by atoms with Crippen LogP contribution in [0.25, 0.3) is 11.3 Å². The van der Waals surface area contributed by atoms with E-state index in [0.29, 0.717) is 5.56 Å². The largest absolute Gasteiger partial charge is 0.507 e. The summed E-state index contributed by atoms with van der Waals surface area (Å²) in [5.41, 5.74) is 4.25. The van der Waals surface area contributed by atoms with Crippen LogP contribution in [0.5, 0.6) is 17.2 Å². The number of hydrogen-bond acceptors (Lipinski definition) is 4. The number of phenolic OH excluding ortho intramolecular Hbond substituents is 1. The fourth-order valence-corrected chi connectivity index (χ4v) is 3.37. The zero-order chi connectivity index (χ0) is 18.2. The molecule has 3 aromatic carbocycles. The molecule has 1 aliphatic rings. The van der Waals surface area contributed by atoms with Gasteiger partial charge in [0.25, 0.3) is 0 Å². The molecular formula is C23H16N2O2. The Morgan fingerprint density at radius 2 is 1.41 bits per heavy atom. The Bertz CT molecular complexity index is 1080. The highest BCUT2D eigenvalue weighted by Gasteiger charge is 2.25. The molecule has 0 bridgehead atoms. The minimum Gasteiger partial charge on any atom is -0.507 e. The fraction of sp³-hybridized carbons (Fsp3) is 0. The maximum atomic E-state index is 10.4. The van der Waals surface area contributed by atoms with Crippen LogP contribution in [0.1, 0.15) is 0 Å². The van der Waals surface area contributed by atoms with Crippen LogP contribution in [-0.2, 0) is 0 Å². The van der Waals surface area contributed by atoms with Gasteiger partial charge in [0.15, 0.2) is 11.5 Å². The zero-order valence-electron chi connectivity index (χ0n) is 14.4. The van der Waals surface area contributed by atoms with Gasteiger partial charge in [0.2, 0.25) is 0 Å². The summed E-state index contributed by atoms with van der Waals surface area (Å²) >= 11 is 0. The van der Waals surface area contributed by atoms with Crippen molar-refractivity contribution >= 4 is 17.1 Å². The number of para-hydroxylation sites is 4. The molecule has 1 N–H and O–H groups in total. The van der Waals surface area contributed by atoms with Crippen molar-refractivity contribution in [3.05, 3.63) is 91.1 Å². The lowest BCUT2D eigenvalue weighted by atomic mass is 10.1. The van der Waals surface area contributed by atoms with Gasteiger partial charge in [-0.2, -0.15) is 0 Å². The monoisotopic (exact) mass is 352 g/mol. The minimum absolute atomic E-state index is 0.201. The fourth-order valence-electron chi connectivity index (χ4n) is 3.37. The van der Waals surface area contributed by atoms with Crippen molar-refractivity contribution < 1.29 is 9.84 Å². The van der Waals surface area contributed by atoms with Crippen molar-refractivity contribution in [1.82, 2.24) is 4.98 Å². The van der Waals surface area contributed by atoms with E-state index in [-0.39, 0.29) is 5.75 Å². The summed E-state index contributed by atoms with van der Waals surface area (Å²) in [5, 5.41) is 10.4. The van der Waals surface area contributed by atoms with Crippen molar-refractivity contribution in [3.8, 4) is 28.5 Å². The molecule has 0 amide bonds. The van der Waals surface area contributed by atoms with Gasteiger partial charge in [-0.05, 0) is 54.6 Å². The molecule has 0 unspecified atom stereocenters. The van der Waals surface area contributed by atoms with Crippen molar-refractivity contribution in [2.75, 3.05) is 4.90 Å². The van der Waals surface area contributed by atoms with Gasteiger partial charge in [0.1, 0.15) is 5.75 Å². The molecule has 27 heavy (non-hydrogen) atoms. The first kappa shape index (κ1) is 15.5. The van der Waals surface area contributed by atoms with E-state index >= 15 is 0 Å². The highest BCUT2D eigenvalue weighted by molar-refractivity contribution is 5.88.